The van der Waals surface area contributed by atoms with Gasteiger partial charge in [0.1, 0.15) is 5.69 Å². The van der Waals surface area contributed by atoms with Crippen LogP contribution >= 0.6 is 11.3 Å². The molecule has 0 bridgehead atoms. The minimum absolute atomic E-state index is 0.0181. The summed E-state index contributed by atoms with van der Waals surface area (Å²) >= 11 is 1.58. The molecule has 1 aromatic heterocycles. The SMILES string of the molecule is Cc1nc(C(=O)N(Cc2ccccc2)[C@@H](C)Cc2ccccc2)c(-c2ccccc2)s1. The highest BCUT2D eigenvalue weighted by Gasteiger charge is 2.27. The van der Waals surface area contributed by atoms with E-state index < -0.39 is 0 Å². The average molecular weight is 427 g/mol. The normalized spacial score (nSPS) is 11.8. The van der Waals surface area contributed by atoms with E-state index >= 15 is 0 Å². The first-order valence-electron chi connectivity index (χ1n) is 10.5. The number of aromatic nitrogens is 1. The molecule has 0 unspecified atom stereocenters. The van der Waals surface area contributed by atoms with E-state index in [2.05, 4.69) is 36.2 Å². The number of carbonyl (C=O) groups is 1. The number of benzene rings is 3. The zero-order chi connectivity index (χ0) is 21.6. The number of nitrogens with zero attached hydrogens (tertiary/aromatic N) is 2. The van der Waals surface area contributed by atoms with Crippen LogP contribution in [0.2, 0.25) is 0 Å². The summed E-state index contributed by atoms with van der Waals surface area (Å²) in [6, 6.07) is 30.6. The van der Waals surface area contributed by atoms with Crippen molar-refractivity contribution in [1.82, 2.24) is 9.88 Å². The molecule has 4 rings (SSSR count). The molecule has 1 heterocycles. The Kier molecular flexibility index (Phi) is 6.58. The predicted molar refractivity (Wildman–Crippen MR) is 128 cm³/mol. The molecule has 31 heavy (non-hydrogen) atoms. The maximum Gasteiger partial charge on any atom is 0.274 e. The molecule has 0 spiro atoms. The quantitative estimate of drug-likeness (QED) is 0.343. The topological polar surface area (TPSA) is 33.2 Å². The van der Waals surface area contributed by atoms with Gasteiger partial charge in [-0.2, -0.15) is 0 Å². The van der Waals surface area contributed by atoms with Gasteiger partial charge in [-0.05, 0) is 37.0 Å². The Morgan fingerprint density at radius 1 is 0.871 bits per heavy atom. The molecule has 1 amide bonds. The summed E-state index contributed by atoms with van der Waals surface area (Å²) in [7, 11) is 0. The van der Waals surface area contributed by atoms with Crippen molar-refractivity contribution in [2.24, 2.45) is 0 Å². The van der Waals surface area contributed by atoms with Gasteiger partial charge in [-0.3, -0.25) is 4.79 Å². The fourth-order valence-electron chi connectivity index (χ4n) is 3.77. The second-order valence-electron chi connectivity index (χ2n) is 7.73. The van der Waals surface area contributed by atoms with Gasteiger partial charge >= 0.3 is 0 Å². The molecule has 1 atom stereocenters. The molecule has 3 nitrogen and oxygen atoms in total. The van der Waals surface area contributed by atoms with E-state index in [-0.39, 0.29) is 11.9 Å². The van der Waals surface area contributed by atoms with Gasteiger partial charge in [0.05, 0.1) is 9.88 Å². The molecule has 0 aliphatic rings. The number of aryl methyl sites for hydroxylation is 1. The van der Waals surface area contributed by atoms with Crippen LogP contribution in [-0.4, -0.2) is 21.8 Å². The third-order valence-electron chi connectivity index (χ3n) is 5.34. The Hall–Kier alpha value is -3.24. The summed E-state index contributed by atoms with van der Waals surface area (Å²) < 4.78 is 0. The van der Waals surface area contributed by atoms with Gasteiger partial charge in [-0.1, -0.05) is 91.0 Å². The smallest absolute Gasteiger partial charge is 0.274 e. The number of rotatable bonds is 7. The molecule has 0 radical (unpaired) electrons. The lowest BCUT2D eigenvalue weighted by molar-refractivity contribution is 0.0670. The molecule has 0 aliphatic carbocycles. The number of thiazole rings is 1. The van der Waals surface area contributed by atoms with Crippen molar-refractivity contribution in [2.45, 2.75) is 32.9 Å². The summed E-state index contributed by atoms with van der Waals surface area (Å²) in [6.07, 6.45) is 0.795. The Morgan fingerprint density at radius 2 is 1.42 bits per heavy atom. The Balaban J connectivity index is 1.69. The highest BCUT2D eigenvalue weighted by molar-refractivity contribution is 7.15. The molecule has 0 aliphatic heterocycles. The molecule has 0 N–H and O–H groups in total. The molecule has 0 saturated heterocycles. The fourth-order valence-corrected chi connectivity index (χ4v) is 4.68. The molecular formula is C27H26N2OS. The average Bonchev–Trinajstić information content (AvgIpc) is 3.20. The maximum absolute atomic E-state index is 13.9. The van der Waals surface area contributed by atoms with Gasteiger partial charge in [0.2, 0.25) is 0 Å². The van der Waals surface area contributed by atoms with Crippen LogP contribution in [0.1, 0.15) is 33.5 Å². The summed E-state index contributed by atoms with van der Waals surface area (Å²) in [5.74, 6) is -0.0181. The number of hydrogen-bond acceptors (Lipinski definition) is 3. The monoisotopic (exact) mass is 426 g/mol. The lowest BCUT2D eigenvalue weighted by Gasteiger charge is -2.29. The van der Waals surface area contributed by atoms with E-state index in [1.165, 1.54) is 5.56 Å². The van der Waals surface area contributed by atoms with Crippen LogP contribution in [0.15, 0.2) is 91.0 Å². The summed E-state index contributed by atoms with van der Waals surface area (Å²) in [5, 5.41) is 0.901. The molecule has 0 saturated carbocycles. The molecule has 156 valence electrons. The third kappa shape index (κ3) is 5.09. The Morgan fingerprint density at radius 3 is 2.03 bits per heavy atom. The highest BCUT2D eigenvalue weighted by Crippen LogP contribution is 2.31. The minimum atomic E-state index is -0.0181. The lowest BCUT2D eigenvalue weighted by atomic mass is 10.0. The first-order chi connectivity index (χ1) is 15.1. The lowest BCUT2D eigenvalue weighted by Crippen LogP contribution is -2.39. The van der Waals surface area contributed by atoms with E-state index in [9.17, 15) is 4.79 Å². The zero-order valence-corrected chi connectivity index (χ0v) is 18.7. The molecule has 3 aromatic carbocycles. The second-order valence-corrected chi connectivity index (χ2v) is 8.94. The van der Waals surface area contributed by atoms with Crippen molar-refractivity contribution in [3.8, 4) is 10.4 Å². The first kappa shape index (κ1) is 21.0. The standard InChI is InChI=1S/C27H26N2OS/c1-20(18-22-12-6-3-7-13-22)29(19-23-14-8-4-9-15-23)27(30)25-26(31-21(2)28-25)24-16-10-5-11-17-24/h3-17,20H,18-19H2,1-2H3/t20-/m0/s1. The molecular weight excluding hydrogens is 400 g/mol. The van der Waals surface area contributed by atoms with E-state index in [4.69, 9.17) is 0 Å². The van der Waals surface area contributed by atoms with E-state index in [1.54, 1.807) is 11.3 Å². The van der Waals surface area contributed by atoms with Crippen LogP contribution in [0.25, 0.3) is 10.4 Å². The molecule has 0 fully saturated rings. The number of amides is 1. The molecule has 4 aromatic rings. The predicted octanol–water partition coefficient (Wildman–Crippen LogP) is 6.39. The van der Waals surface area contributed by atoms with Crippen molar-refractivity contribution >= 4 is 17.2 Å². The maximum atomic E-state index is 13.9. The van der Waals surface area contributed by atoms with Crippen LogP contribution in [0.3, 0.4) is 0 Å². The molecule has 4 heteroatoms. The van der Waals surface area contributed by atoms with E-state index in [0.717, 1.165) is 27.4 Å². The summed E-state index contributed by atoms with van der Waals surface area (Å²) in [6.45, 7) is 4.64. The minimum Gasteiger partial charge on any atom is -0.330 e. The van der Waals surface area contributed by atoms with Crippen LogP contribution < -0.4 is 0 Å². The summed E-state index contributed by atoms with van der Waals surface area (Å²) in [4.78, 5) is 21.4. The second kappa shape index (κ2) is 9.71. The van der Waals surface area contributed by atoms with Gasteiger partial charge in [-0.15, -0.1) is 11.3 Å². The van der Waals surface area contributed by atoms with Crippen molar-refractivity contribution in [1.29, 1.82) is 0 Å². The zero-order valence-electron chi connectivity index (χ0n) is 17.9. The first-order valence-corrected chi connectivity index (χ1v) is 11.3. The summed E-state index contributed by atoms with van der Waals surface area (Å²) in [5.41, 5.74) is 3.92. The fraction of sp³-hybridized carbons (Fsp3) is 0.185. The number of hydrogen-bond donors (Lipinski definition) is 0. The van der Waals surface area contributed by atoms with Crippen molar-refractivity contribution in [3.63, 3.8) is 0 Å². The third-order valence-corrected chi connectivity index (χ3v) is 6.36. The van der Waals surface area contributed by atoms with E-state index in [0.29, 0.717) is 12.2 Å². The van der Waals surface area contributed by atoms with Gasteiger partial charge in [0, 0.05) is 12.6 Å². The van der Waals surface area contributed by atoms with Gasteiger partial charge in [-0.25, -0.2) is 4.98 Å². The van der Waals surface area contributed by atoms with Gasteiger partial charge < -0.3 is 4.90 Å². The highest BCUT2D eigenvalue weighted by atomic mass is 32.1. The van der Waals surface area contributed by atoms with Crippen molar-refractivity contribution in [2.75, 3.05) is 0 Å². The van der Waals surface area contributed by atoms with Crippen LogP contribution in [-0.2, 0) is 13.0 Å². The Bertz CT molecular complexity index is 1120. The van der Waals surface area contributed by atoms with Crippen molar-refractivity contribution in [3.05, 3.63) is 113 Å². The van der Waals surface area contributed by atoms with Crippen LogP contribution in [0, 0.1) is 6.92 Å². The van der Waals surface area contributed by atoms with Crippen LogP contribution in [0.4, 0.5) is 0 Å². The Labute approximate surface area is 188 Å². The van der Waals surface area contributed by atoms with Gasteiger partial charge in [0.25, 0.3) is 5.91 Å². The largest absolute Gasteiger partial charge is 0.330 e. The van der Waals surface area contributed by atoms with Crippen molar-refractivity contribution < 1.29 is 4.79 Å². The number of carbonyl (C=O) groups excluding carboxylic acids is 1. The van der Waals surface area contributed by atoms with Crippen LogP contribution in [0.5, 0.6) is 0 Å². The van der Waals surface area contributed by atoms with Gasteiger partial charge in [0.15, 0.2) is 0 Å². The van der Waals surface area contributed by atoms with E-state index in [1.807, 2.05) is 78.6 Å².